The van der Waals surface area contributed by atoms with Crippen LogP contribution in [0.25, 0.3) is 0 Å². The van der Waals surface area contributed by atoms with Crippen LogP contribution >= 0.6 is 0 Å². The normalized spacial score (nSPS) is 11.1. The lowest BCUT2D eigenvalue weighted by molar-refractivity contribution is -0.164. The highest BCUT2D eigenvalue weighted by atomic mass is 19.3. The van der Waals surface area contributed by atoms with Gasteiger partial charge in [-0.05, 0) is 31.5 Å². The largest absolute Gasteiger partial charge is 0.461 e. The van der Waals surface area contributed by atoms with Gasteiger partial charge in [-0.1, -0.05) is 0 Å². The van der Waals surface area contributed by atoms with Crippen molar-refractivity contribution in [3.05, 3.63) is 29.6 Å². The molecule has 17 heavy (non-hydrogen) atoms. The van der Waals surface area contributed by atoms with Crippen molar-refractivity contribution < 1.29 is 23.1 Å². The summed E-state index contributed by atoms with van der Waals surface area (Å²) in [4.78, 5) is 25.9. The van der Waals surface area contributed by atoms with Crippen LogP contribution in [0.3, 0.4) is 0 Å². The van der Waals surface area contributed by atoms with Gasteiger partial charge in [0.25, 0.3) is 5.78 Å². The molecule has 0 saturated heterocycles. The molecule has 0 unspecified atom stereocenters. The second-order valence-electron chi connectivity index (χ2n) is 3.34. The van der Waals surface area contributed by atoms with Gasteiger partial charge in [-0.2, -0.15) is 8.78 Å². The van der Waals surface area contributed by atoms with Gasteiger partial charge in [0.05, 0.1) is 6.61 Å². The quantitative estimate of drug-likeness (QED) is 0.459. The summed E-state index contributed by atoms with van der Waals surface area (Å²) in [5.74, 6) is -7.70. The SMILES string of the molecule is CCOC(=O)C(F)(F)C(=O)c1cc(C)ccn1. The number of ketones is 1. The van der Waals surface area contributed by atoms with Crippen LogP contribution in [0, 0.1) is 6.92 Å². The van der Waals surface area contributed by atoms with Gasteiger partial charge < -0.3 is 4.74 Å². The third-order valence-electron chi connectivity index (χ3n) is 1.97. The van der Waals surface area contributed by atoms with Crippen LogP contribution in [0.1, 0.15) is 23.0 Å². The Morgan fingerprint density at radius 3 is 2.65 bits per heavy atom. The number of aryl methyl sites for hydroxylation is 1. The fraction of sp³-hybridized carbons (Fsp3) is 0.364. The molecule has 0 aliphatic heterocycles. The number of pyridine rings is 1. The zero-order chi connectivity index (χ0) is 13.1. The van der Waals surface area contributed by atoms with Gasteiger partial charge in [0, 0.05) is 6.20 Å². The molecule has 0 fully saturated rings. The number of carbonyl (C=O) groups is 2. The molecule has 92 valence electrons. The number of hydrogen-bond acceptors (Lipinski definition) is 4. The molecule has 6 heteroatoms. The van der Waals surface area contributed by atoms with E-state index in [0.29, 0.717) is 5.56 Å². The van der Waals surface area contributed by atoms with E-state index >= 15 is 0 Å². The number of nitrogens with zero attached hydrogens (tertiary/aromatic N) is 1. The van der Waals surface area contributed by atoms with E-state index in [9.17, 15) is 18.4 Å². The average Bonchev–Trinajstić information content (AvgIpc) is 2.28. The van der Waals surface area contributed by atoms with Gasteiger partial charge in [-0.25, -0.2) is 4.79 Å². The Hall–Kier alpha value is -1.85. The Kier molecular flexibility index (Phi) is 3.88. The fourth-order valence-electron chi connectivity index (χ4n) is 1.14. The number of carbonyl (C=O) groups excluding carboxylic acids is 2. The van der Waals surface area contributed by atoms with Gasteiger partial charge in [0.1, 0.15) is 5.69 Å². The van der Waals surface area contributed by atoms with Crippen LogP contribution in [0.5, 0.6) is 0 Å². The minimum absolute atomic E-state index is 0.219. The van der Waals surface area contributed by atoms with Crippen molar-refractivity contribution >= 4 is 11.8 Å². The van der Waals surface area contributed by atoms with Gasteiger partial charge in [0.2, 0.25) is 0 Å². The van der Waals surface area contributed by atoms with Crippen molar-refractivity contribution in [3.8, 4) is 0 Å². The fourth-order valence-corrected chi connectivity index (χ4v) is 1.14. The number of aromatic nitrogens is 1. The van der Waals surface area contributed by atoms with Crippen molar-refractivity contribution in [2.75, 3.05) is 6.61 Å². The Labute approximate surface area is 96.6 Å². The number of Topliss-reactive ketones (excluding diaryl/α,β-unsaturated/α-hetero) is 1. The first-order chi connectivity index (χ1) is 7.89. The summed E-state index contributed by atoms with van der Waals surface area (Å²) < 4.78 is 30.8. The van der Waals surface area contributed by atoms with E-state index in [-0.39, 0.29) is 6.61 Å². The van der Waals surface area contributed by atoms with E-state index in [2.05, 4.69) is 9.72 Å². The van der Waals surface area contributed by atoms with Crippen LogP contribution in [0.15, 0.2) is 18.3 Å². The molecule has 0 N–H and O–H groups in total. The molecule has 1 rings (SSSR count). The van der Waals surface area contributed by atoms with Gasteiger partial charge in [-0.15, -0.1) is 0 Å². The monoisotopic (exact) mass is 243 g/mol. The van der Waals surface area contributed by atoms with Gasteiger partial charge in [0.15, 0.2) is 0 Å². The second-order valence-corrected chi connectivity index (χ2v) is 3.34. The third kappa shape index (κ3) is 2.83. The maximum Gasteiger partial charge on any atom is 0.405 e. The van der Waals surface area contributed by atoms with Crippen molar-refractivity contribution in [2.45, 2.75) is 19.8 Å². The maximum atomic E-state index is 13.4. The van der Waals surface area contributed by atoms with E-state index in [1.807, 2.05) is 0 Å². The van der Waals surface area contributed by atoms with E-state index in [4.69, 9.17) is 0 Å². The number of hydrogen-bond donors (Lipinski definition) is 0. The molecule has 0 radical (unpaired) electrons. The first-order valence-corrected chi connectivity index (χ1v) is 4.92. The van der Waals surface area contributed by atoms with Crippen LogP contribution in [-0.4, -0.2) is 29.3 Å². The highest BCUT2D eigenvalue weighted by molar-refractivity contribution is 6.12. The zero-order valence-corrected chi connectivity index (χ0v) is 9.37. The predicted molar refractivity (Wildman–Crippen MR) is 54.9 cm³/mol. The number of alkyl halides is 2. The van der Waals surface area contributed by atoms with E-state index in [1.54, 1.807) is 13.0 Å². The van der Waals surface area contributed by atoms with Crippen LogP contribution in [0.4, 0.5) is 8.78 Å². The Morgan fingerprint density at radius 1 is 1.47 bits per heavy atom. The lowest BCUT2D eigenvalue weighted by atomic mass is 10.1. The highest BCUT2D eigenvalue weighted by Gasteiger charge is 2.49. The Balaban J connectivity index is 3.00. The van der Waals surface area contributed by atoms with Crippen LogP contribution < -0.4 is 0 Å². The summed E-state index contributed by atoms with van der Waals surface area (Å²) in [6, 6.07) is 2.74. The second kappa shape index (κ2) is 4.99. The van der Waals surface area contributed by atoms with Crippen molar-refractivity contribution in [2.24, 2.45) is 0 Å². The summed E-state index contributed by atoms with van der Waals surface area (Å²) in [6.07, 6.45) is 1.23. The summed E-state index contributed by atoms with van der Waals surface area (Å²) >= 11 is 0. The molecule has 0 amide bonds. The first kappa shape index (κ1) is 13.2. The standard InChI is InChI=1S/C11H11F2NO3/c1-3-17-10(16)11(12,13)9(15)8-6-7(2)4-5-14-8/h4-6H,3H2,1-2H3. The summed E-state index contributed by atoms with van der Waals surface area (Å²) in [5.41, 5.74) is 0.145. The Morgan fingerprint density at radius 2 is 2.12 bits per heavy atom. The van der Waals surface area contributed by atoms with E-state index < -0.39 is 23.4 Å². The third-order valence-corrected chi connectivity index (χ3v) is 1.97. The molecule has 0 aliphatic carbocycles. The molecule has 4 nitrogen and oxygen atoms in total. The van der Waals surface area contributed by atoms with Crippen LogP contribution in [0.2, 0.25) is 0 Å². The smallest absolute Gasteiger partial charge is 0.405 e. The molecule has 0 atom stereocenters. The number of rotatable bonds is 4. The van der Waals surface area contributed by atoms with Crippen molar-refractivity contribution in [1.82, 2.24) is 4.98 Å². The van der Waals surface area contributed by atoms with Gasteiger partial charge >= 0.3 is 11.9 Å². The maximum absolute atomic E-state index is 13.4. The summed E-state index contributed by atoms with van der Waals surface area (Å²) in [7, 11) is 0. The van der Waals surface area contributed by atoms with Crippen LogP contribution in [-0.2, 0) is 9.53 Å². The molecule has 1 aromatic rings. The molecule has 0 saturated carbocycles. The molecule has 0 bridgehead atoms. The lowest BCUT2D eigenvalue weighted by Crippen LogP contribution is -2.39. The van der Waals surface area contributed by atoms with E-state index in [0.717, 1.165) is 0 Å². The number of esters is 1. The Bertz CT molecular complexity index is 446. The summed E-state index contributed by atoms with van der Waals surface area (Å²) in [5, 5.41) is 0. The molecule has 1 aromatic heterocycles. The first-order valence-electron chi connectivity index (χ1n) is 4.92. The number of ether oxygens (including phenoxy) is 1. The highest BCUT2D eigenvalue weighted by Crippen LogP contribution is 2.21. The minimum Gasteiger partial charge on any atom is -0.461 e. The molecular weight excluding hydrogens is 232 g/mol. The molecular formula is C11H11F2NO3. The van der Waals surface area contributed by atoms with Crippen molar-refractivity contribution in [1.29, 1.82) is 0 Å². The van der Waals surface area contributed by atoms with Crippen molar-refractivity contribution in [3.63, 3.8) is 0 Å². The predicted octanol–water partition coefficient (Wildman–Crippen LogP) is 1.77. The van der Waals surface area contributed by atoms with E-state index in [1.165, 1.54) is 19.2 Å². The molecule has 0 spiro atoms. The van der Waals surface area contributed by atoms with Gasteiger partial charge in [-0.3, -0.25) is 9.78 Å². The molecule has 0 aliphatic rings. The molecule has 0 aromatic carbocycles. The average molecular weight is 243 g/mol. The number of halogens is 2. The topological polar surface area (TPSA) is 56.3 Å². The summed E-state index contributed by atoms with van der Waals surface area (Å²) in [6.45, 7) is 2.79. The molecule has 1 heterocycles. The minimum atomic E-state index is -4.20. The zero-order valence-electron chi connectivity index (χ0n) is 9.37. The lowest BCUT2D eigenvalue weighted by Gasteiger charge is -2.12.